The molecular formula is C27H23ClN2O3. The normalized spacial score (nSPS) is 19.1. The first kappa shape index (κ1) is 22.6. The number of carbonyl (C=O) groups is 1. The Morgan fingerprint density at radius 3 is 2.42 bits per heavy atom. The molecule has 166 valence electrons. The molecule has 0 radical (unpaired) electrons. The highest BCUT2D eigenvalue weighted by molar-refractivity contribution is 6.30. The molecule has 1 aliphatic rings. The predicted octanol–water partition coefficient (Wildman–Crippen LogP) is 5.03. The van der Waals surface area contributed by atoms with Crippen molar-refractivity contribution in [3.8, 4) is 11.8 Å². The smallest absolute Gasteiger partial charge is 0.245 e. The number of nitriles is 1. The highest BCUT2D eigenvalue weighted by atomic mass is 35.5. The Morgan fingerprint density at radius 2 is 1.76 bits per heavy atom. The van der Waals surface area contributed by atoms with E-state index in [-0.39, 0.29) is 5.91 Å². The van der Waals surface area contributed by atoms with E-state index < -0.39 is 17.7 Å². The number of ether oxygens (including phenoxy) is 1. The Hall–Kier alpha value is -3.59. The van der Waals surface area contributed by atoms with Gasteiger partial charge < -0.3 is 15.2 Å². The number of aliphatic hydroxyl groups is 1. The standard InChI is InChI=1S/C27H23ClN2O3/c1-27(2)26(32)25(22-14-17(16-29)8-13-23(22)33-27)30-24(31)15-21(18-6-4-3-5-7-18)19-9-11-20(28)12-10-19/h3-15,25-26,32H,1-2H3,(H,30,31)/t25-,26+/m0/s1. The van der Waals surface area contributed by atoms with Crippen LogP contribution in [0.25, 0.3) is 5.57 Å². The summed E-state index contributed by atoms with van der Waals surface area (Å²) < 4.78 is 5.94. The summed E-state index contributed by atoms with van der Waals surface area (Å²) in [5.41, 5.74) is 2.48. The van der Waals surface area contributed by atoms with Gasteiger partial charge in [-0.25, -0.2) is 0 Å². The van der Waals surface area contributed by atoms with E-state index in [0.29, 0.717) is 21.9 Å². The second-order valence-corrected chi connectivity index (χ2v) is 8.87. The van der Waals surface area contributed by atoms with Crippen molar-refractivity contribution in [1.82, 2.24) is 5.32 Å². The van der Waals surface area contributed by atoms with Crippen molar-refractivity contribution in [3.05, 3.63) is 106 Å². The third-order valence-electron chi connectivity index (χ3n) is 5.69. The van der Waals surface area contributed by atoms with E-state index >= 15 is 0 Å². The predicted molar refractivity (Wildman–Crippen MR) is 128 cm³/mol. The van der Waals surface area contributed by atoms with Crippen LogP contribution >= 0.6 is 11.6 Å². The molecule has 0 bridgehead atoms. The fraction of sp³-hybridized carbons (Fsp3) is 0.185. The minimum Gasteiger partial charge on any atom is -0.485 e. The minimum atomic E-state index is -1.02. The molecule has 2 atom stereocenters. The van der Waals surface area contributed by atoms with E-state index in [1.165, 1.54) is 6.08 Å². The number of carbonyl (C=O) groups excluding carboxylic acids is 1. The van der Waals surface area contributed by atoms with E-state index in [9.17, 15) is 15.2 Å². The molecular weight excluding hydrogens is 436 g/mol. The Bertz CT molecular complexity index is 1240. The van der Waals surface area contributed by atoms with Crippen LogP contribution in [0.2, 0.25) is 5.02 Å². The van der Waals surface area contributed by atoms with Gasteiger partial charge >= 0.3 is 0 Å². The lowest BCUT2D eigenvalue weighted by Crippen LogP contribution is -2.53. The van der Waals surface area contributed by atoms with E-state index in [1.54, 1.807) is 44.2 Å². The fourth-order valence-corrected chi connectivity index (χ4v) is 4.06. The lowest BCUT2D eigenvalue weighted by molar-refractivity contribution is -0.121. The molecule has 5 nitrogen and oxygen atoms in total. The molecule has 2 N–H and O–H groups in total. The zero-order valence-corrected chi connectivity index (χ0v) is 19.0. The summed E-state index contributed by atoms with van der Waals surface area (Å²) in [6.07, 6.45) is 0.494. The number of rotatable bonds is 4. The van der Waals surface area contributed by atoms with Gasteiger partial charge in [-0.2, -0.15) is 5.26 Å². The lowest BCUT2D eigenvalue weighted by atomic mass is 9.86. The Morgan fingerprint density at radius 1 is 1.09 bits per heavy atom. The number of amides is 1. The number of nitrogens with one attached hydrogen (secondary N) is 1. The van der Waals surface area contributed by atoms with Gasteiger partial charge in [-0.15, -0.1) is 0 Å². The van der Waals surface area contributed by atoms with Crippen molar-refractivity contribution >= 4 is 23.1 Å². The molecule has 0 aliphatic carbocycles. The summed E-state index contributed by atoms with van der Waals surface area (Å²) in [5, 5.41) is 23.8. The average Bonchev–Trinajstić information content (AvgIpc) is 2.81. The summed E-state index contributed by atoms with van der Waals surface area (Å²) in [4.78, 5) is 13.2. The molecule has 4 rings (SSSR count). The van der Waals surface area contributed by atoms with Crippen molar-refractivity contribution < 1.29 is 14.6 Å². The third kappa shape index (κ3) is 4.78. The van der Waals surface area contributed by atoms with Gasteiger partial charge in [-0.1, -0.05) is 54.1 Å². The van der Waals surface area contributed by atoms with Crippen molar-refractivity contribution in [2.24, 2.45) is 0 Å². The molecule has 33 heavy (non-hydrogen) atoms. The molecule has 0 unspecified atom stereocenters. The fourth-order valence-electron chi connectivity index (χ4n) is 3.93. The molecule has 0 saturated heterocycles. The highest BCUT2D eigenvalue weighted by Crippen LogP contribution is 2.40. The topological polar surface area (TPSA) is 82.3 Å². The molecule has 1 amide bonds. The zero-order valence-electron chi connectivity index (χ0n) is 18.2. The van der Waals surface area contributed by atoms with Crippen LogP contribution in [0.5, 0.6) is 5.75 Å². The van der Waals surface area contributed by atoms with E-state index in [0.717, 1.165) is 16.7 Å². The Labute approximate surface area is 197 Å². The van der Waals surface area contributed by atoms with Crippen LogP contribution in [-0.2, 0) is 4.79 Å². The summed E-state index contributed by atoms with van der Waals surface area (Å²) in [7, 11) is 0. The number of nitrogens with zero attached hydrogens (tertiary/aromatic N) is 1. The van der Waals surface area contributed by atoms with Gasteiger partial charge in [0, 0.05) is 16.7 Å². The molecule has 0 spiro atoms. The molecule has 1 aliphatic heterocycles. The Balaban J connectivity index is 1.72. The highest BCUT2D eigenvalue weighted by Gasteiger charge is 2.43. The second-order valence-electron chi connectivity index (χ2n) is 8.43. The van der Waals surface area contributed by atoms with Crippen molar-refractivity contribution in [2.45, 2.75) is 31.6 Å². The van der Waals surface area contributed by atoms with Gasteiger partial charge in [-0.3, -0.25) is 4.79 Å². The largest absolute Gasteiger partial charge is 0.485 e. The zero-order chi connectivity index (χ0) is 23.6. The van der Waals surface area contributed by atoms with Crippen molar-refractivity contribution in [3.63, 3.8) is 0 Å². The van der Waals surface area contributed by atoms with Gasteiger partial charge in [0.1, 0.15) is 17.5 Å². The monoisotopic (exact) mass is 458 g/mol. The minimum absolute atomic E-state index is 0.376. The van der Waals surface area contributed by atoms with Gasteiger partial charge in [0.15, 0.2) is 0 Å². The quantitative estimate of drug-likeness (QED) is 0.537. The van der Waals surface area contributed by atoms with Crippen LogP contribution in [0.3, 0.4) is 0 Å². The number of benzene rings is 3. The first-order chi connectivity index (χ1) is 15.8. The van der Waals surface area contributed by atoms with E-state index in [4.69, 9.17) is 16.3 Å². The maximum atomic E-state index is 13.2. The molecule has 3 aromatic carbocycles. The van der Waals surface area contributed by atoms with Gasteiger partial charge in [0.25, 0.3) is 0 Å². The SMILES string of the molecule is CC1(C)Oc2ccc(C#N)cc2[C@H](NC(=O)C=C(c2ccccc2)c2ccc(Cl)cc2)[C@H]1O. The summed E-state index contributed by atoms with van der Waals surface area (Å²) >= 11 is 6.05. The number of halogens is 1. The second kappa shape index (κ2) is 9.11. The summed E-state index contributed by atoms with van der Waals surface area (Å²) in [5.74, 6) is 0.151. The summed E-state index contributed by atoms with van der Waals surface area (Å²) in [6.45, 7) is 3.52. The molecule has 6 heteroatoms. The number of fused-ring (bicyclic) bond motifs is 1. The lowest BCUT2D eigenvalue weighted by Gasteiger charge is -2.42. The van der Waals surface area contributed by atoms with Gasteiger partial charge in [0.05, 0.1) is 17.7 Å². The molecule has 0 fully saturated rings. The first-order valence-corrected chi connectivity index (χ1v) is 10.9. The van der Waals surface area contributed by atoms with Crippen LogP contribution in [-0.4, -0.2) is 22.7 Å². The molecule has 1 heterocycles. The molecule has 0 saturated carbocycles. The first-order valence-electron chi connectivity index (χ1n) is 10.5. The molecule has 3 aromatic rings. The Kier molecular flexibility index (Phi) is 6.24. The van der Waals surface area contributed by atoms with Gasteiger partial charge in [0.2, 0.25) is 5.91 Å². The number of aliphatic hydroxyl groups excluding tert-OH is 1. The number of hydrogen-bond acceptors (Lipinski definition) is 4. The van der Waals surface area contributed by atoms with Crippen molar-refractivity contribution in [1.29, 1.82) is 5.26 Å². The van der Waals surface area contributed by atoms with Gasteiger partial charge in [-0.05, 0) is 60.9 Å². The van der Waals surface area contributed by atoms with Crippen LogP contribution in [0.15, 0.2) is 78.9 Å². The number of hydrogen-bond donors (Lipinski definition) is 2. The van der Waals surface area contributed by atoms with E-state index in [1.807, 2.05) is 42.5 Å². The average molecular weight is 459 g/mol. The van der Waals surface area contributed by atoms with E-state index in [2.05, 4.69) is 11.4 Å². The van der Waals surface area contributed by atoms with Crippen LogP contribution in [0.1, 0.15) is 42.1 Å². The van der Waals surface area contributed by atoms with Crippen LogP contribution < -0.4 is 10.1 Å². The van der Waals surface area contributed by atoms with Crippen molar-refractivity contribution in [2.75, 3.05) is 0 Å². The maximum absolute atomic E-state index is 13.2. The maximum Gasteiger partial charge on any atom is 0.245 e. The van der Waals surface area contributed by atoms with Crippen LogP contribution in [0, 0.1) is 11.3 Å². The summed E-state index contributed by atoms with van der Waals surface area (Å²) in [6, 6.07) is 23.2. The third-order valence-corrected chi connectivity index (χ3v) is 5.94. The van der Waals surface area contributed by atoms with Crippen LogP contribution in [0.4, 0.5) is 0 Å². The molecule has 0 aromatic heterocycles.